The average Bonchev–Trinajstić information content (AvgIpc) is 2.30. The Balaban J connectivity index is 2.62. The summed E-state index contributed by atoms with van der Waals surface area (Å²) in [5.41, 5.74) is 1.13. The Labute approximate surface area is 98.2 Å². The van der Waals surface area contributed by atoms with E-state index in [0.717, 1.165) is 17.4 Å². The van der Waals surface area contributed by atoms with E-state index in [1.807, 2.05) is 36.4 Å². The van der Waals surface area contributed by atoms with E-state index >= 15 is 0 Å². The van der Waals surface area contributed by atoms with Crippen LogP contribution in [0, 0.1) is 0 Å². The number of thiol groups is 1. The van der Waals surface area contributed by atoms with E-state index in [1.165, 1.54) is 5.39 Å². The first-order chi connectivity index (χ1) is 7.85. The van der Waals surface area contributed by atoms with Gasteiger partial charge in [-0.05, 0) is 34.9 Å². The summed E-state index contributed by atoms with van der Waals surface area (Å²) < 4.78 is 15.4. The van der Waals surface area contributed by atoms with Gasteiger partial charge >= 0.3 is 0 Å². The first kappa shape index (κ1) is 10.9. The lowest BCUT2D eigenvalue weighted by atomic mass is 10.0. The van der Waals surface area contributed by atoms with E-state index in [9.17, 15) is 4.21 Å². The van der Waals surface area contributed by atoms with E-state index in [-0.39, 0.29) is 11.9 Å². The minimum Gasteiger partial charge on any atom is -0.403 e. The molecule has 2 aromatic rings. The summed E-state index contributed by atoms with van der Waals surface area (Å²) in [6.07, 6.45) is 2.62. The Kier molecular flexibility index (Phi) is 3.37. The third-order valence-corrected chi connectivity index (χ3v) is 2.71. The van der Waals surface area contributed by atoms with E-state index in [2.05, 4.69) is 12.6 Å². The molecule has 2 rings (SSSR count). The van der Waals surface area contributed by atoms with Gasteiger partial charge in [0.05, 0.1) is 0 Å². The van der Waals surface area contributed by atoms with Crippen LogP contribution in [0.25, 0.3) is 10.8 Å². The van der Waals surface area contributed by atoms with Gasteiger partial charge in [0.15, 0.2) is 11.9 Å². The van der Waals surface area contributed by atoms with Gasteiger partial charge in [0, 0.05) is 0 Å². The Hall–Kier alpha value is -1.61. The maximum absolute atomic E-state index is 10.4. The van der Waals surface area contributed by atoms with Crippen LogP contribution in [0.15, 0.2) is 49.1 Å². The van der Waals surface area contributed by atoms with Crippen LogP contribution < -0.4 is 4.18 Å². The van der Waals surface area contributed by atoms with Crippen LogP contribution in [0.2, 0.25) is 0 Å². The third kappa shape index (κ3) is 2.14. The SMILES string of the molecule is C=CCc1cc(O[SH]=O)cc2ccccc12. The summed E-state index contributed by atoms with van der Waals surface area (Å²) in [6.45, 7) is 3.73. The maximum Gasteiger partial charge on any atom is 0.193 e. The fourth-order valence-corrected chi connectivity index (χ4v) is 1.97. The van der Waals surface area contributed by atoms with Crippen LogP contribution in [-0.2, 0) is 18.4 Å². The number of allylic oxidation sites excluding steroid dienone is 1. The number of fused-ring (bicyclic) bond motifs is 1. The molecule has 3 heteroatoms. The molecule has 0 fully saturated rings. The fraction of sp³-hybridized carbons (Fsp3) is 0.0769. The first-order valence-electron chi connectivity index (χ1n) is 4.97. The van der Waals surface area contributed by atoms with Gasteiger partial charge in [-0.15, -0.1) is 6.58 Å². The fourth-order valence-electron chi connectivity index (χ4n) is 1.78. The molecule has 0 unspecified atom stereocenters. The maximum atomic E-state index is 10.4. The minimum atomic E-state index is -0.328. The Morgan fingerprint density at radius 2 is 2.12 bits per heavy atom. The van der Waals surface area contributed by atoms with Crippen molar-refractivity contribution in [3.8, 4) is 5.75 Å². The Morgan fingerprint density at radius 3 is 2.88 bits per heavy atom. The second-order valence-electron chi connectivity index (χ2n) is 3.46. The van der Waals surface area contributed by atoms with Crippen LogP contribution in [0.4, 0.5) is 0 Å². The van der Waals surface area contributed by atoms with Gasteiger partial charge in [-0.2, -0.15) is 0 Å². The van der Waals surface area contributed by atoms with Crippen molar-refractivity contribution in [3.63, 3.8) is 0 Å². The standard InChI is InChI=1S/C13H12O2S/c1-2-5-10-8-12(15-16-14)9-11-6-3-4-7-13(10)11/h2-4,6-9,16H,1,5H2. The van der Waals surface area contributed by atoms with E-state index < -0.39 is 0 Å². The molecule has 0 heterocycles. The van der Waals surface area contributed by atoms with E-state index in [0.29, 0.717) is 5.75 Å². The summed E-state index contributed by atoms with van der Waals surface area (Å²) in [5, 5.41) is 2.26. The van der Waals surface area contributed by atoms with Crippen molar-refractivity contribution < 1.29 is 8.39 Å². The molecule has 0 aliphatic heterocycles. The molecule has 0 aliphatic rings. The van der Waals surface area contributed by atoms with Crippen molar-refractivity contribution in [2.45, 2.75) is 6.42 Å². The number of rotatable bonds is 4. The van der Waals surface area contributed by atoms with Crippen LogP contribution in [0.5, 0.6) is 5.75 Å². The van der Waals surface area contributed by atoms with Crippen LogP contribution in [-0.4, -0.2) is 4.21 Å². The third-order valence-electron chi connectivity index (χ3n) is 2.43. The molecule has 0 saturated heterocycles. The molecule has 0 spiro atoms. The molecule has 0 aromatic heterocycles. The van der Waals surface area contributed by atoms with Crippen LogP contribution in [0.3, 0.4) is 0 Å². The molecule has 0 bridgehead atoms. The quantitative estimate of drug-likeness (QED) is 0.648. The minimum absolute atomic E-state index is 0.328. The van der Waals surface area contributed by atoms with Crippen molar-refractivity contribution in [2.24, 2.45) is 0 Å². The number of hydrogen-bond acceptors (Lipinski definition) is 2. The molecule has 0 N–H and O–H groups in total. The molecule has 0 amide bonds. The topological polar surface area (TPSA) is 26.3 Å². The highest BCUT2D eigenvalue weighted by Crippen LogP contribution is 2.25. The summed E-state index contributed by atoms with van der Waals surface area (Å²) >= 11 is -0.328. The summed E-state index contributed by atoms with van der Waals surface area (Å²) in [6, 6.07) is 11.8. The van der Waals surface area contributed by atoms with Crippen LogP contribution in [0.1, 0.15) is 5.56 Å². The molecule has 0 aliphatic carbocycles. The van der Waals surface area contributed by atoms with Crippen molar-refractivity contribution in [2.75, 3.05) is 0 Å². The molecule has 0 radical (unpaired) electrons. The lowest BCUT2D eigenvalue weighted by Crippen LogP contribution is -1.89. The van der Waals surface area contributed by atoms with Crippen molar-refractivity contribution >= 4 is 22.7 Å². The van der Waals surface area contributed by atoms with Gasteiger partial charge in [-0.1, -0.05) is 30.3 Å². The Bertz CT molecular complexity index is 534. The smallest absolute Gasteiger partial charge is 0.193 e. The Morgan fingerprint density at radius 1 is 1.31 bits per heavy atom. The molecular formula is C13H12O2S. The van der Waals surface area contributed by atoms with Crippen LogP contribution >= 0.6 is 0 Å². The monoisotopic (exact) mass is 232 g/mol. The normalized spacial score (nSPS) is 10.2. The van der Waals surface area contributed by atoms with Gasteiger partial charge in [0.2, 0.25) is 0 Å². The second-order valence-corrected chi connectivity index (χ2v) is 3.79. The van der Waals surface area contributed by atoms with Gasteiger partial charge in [0.25, 0.3) is 0 Å². The predicted molar refractivity (Wildman–Crippen MR) is 68.0 cm³/mol. The van der Waals surface area contributed by atoms with Gasteiger partial charge in [0.1, 0.15) is 5.75 Å². The molecule has 82 valence electrons. The highest BCUT2D eigenvalue weighted by atomic mass is 32.2. The predicted octanol–water partition coefficient (Wildman–Crippen LogP) is 2.81. The lowest BCUT2D eigenvalue weighted by molar-refractivity contribution is 0.582. The number of benzene rings is 2. The average molecular weight is 232 g/mol. The largest absolute Gasteiger partial charge is 0.403 e. The molecule has 0 saturated carbocycles. The zero-order valence-electron chi connectivity index (χ0n) is 8.72. The van der Waals surface area contributed by atoms with Crippen molar-refractivity contribution in [1.29, 1.82) is 0 Å². The molecule has 2 aromatic carbocycles. The van der Waals surface area contributed by atoms with Crippen molar-refractivity contribution in [1.82, 2.24) is 0 Å². The van der Waals surface area contributed by atoms with Gasteiger partial charge < -0.3 is 4.18 Å². The summed E-state index contributed by atoms with van der Waals surface area (Å²) in [5.74, 6) is 0.618. The molecule has 16 heavy (non-hydrogen) atoms. The first-order valence-corrected chi connectivity index (χ1v) is 5.70. The number of hydrogen-bond donors (Lipinski definition) is 1. The van der Waals surface area contributed by atoms with Crippen molar-refractivity contribution in [3.05, 3.63) is 54.6 Å². The highest BCUT2D eigenvalue weighted by Gasteiger charge is 2.03. The van der Waals surface area contributed by atoms with Gasteiger partial charge in [-0.3, -0.25) is 0 Å². The lowest BCUT2D eigenvalue weighted by Gasteiger charge is -2.07. The van der Waals surface area contributed by atoms with Gasteiger partial charge in [-0.25, -0.2) is 4.21 Å². The highest BCUT2D eigenvalue weighted by molar-refractivity contribution is 7.60. The zero-order valence-corrected chi connectivity index (χ0v) is 9.61. The van der Waals surface area contributed by atoms with E-state index in [1.54, 1.807) is 0 Å². The molecular weight excluding hydrogens is 220 g/mol. The second kappa shape index (κ2) is 4.94. The summed E-state index contributed by atoms with van der Waals surface area (Å²) in [7, 11) is 0. The zero-order chi connectivity index (χ0) is 11.4. The summed E-state index contributed by atoms with van der Waals surface area (Å²) in [4.78, 5) is 0. The molecule has 0 atom stereocenters. The molecule has 2 nitrogen and oxygen atoms in total. The van der Waals surface area contributed by atoms with E-state index in [4.69, 9.17) is 4.18 Å².